The van der Waals surface area contributed by atoms with Gasteiger partial charge in [-0.25, -0.2) is 0 Å². The second-order valence-electron chi connectivity index (χ2n) is 4.53. The summed E-state index contributed by atoms with van der Waals surface area (Å²) in [6.07, 6.45) is 1.90. The van der Waals surface area contributed by atoms with Crippen molar-refractivity contribution < 1.29 is 9.53 Å². The van der Waals surface area contributed by atoms with Crippen molar-refractivity contribution in [2.45, 2.75) is 39.0 Å². The molecule has 1 N–H and O–H groups in total. The van der Waals surface area contributed by atoms with Crippen molar-refractivity contribution in [3.05, 3.63) is 34.9 Å². The first-order valence-corrected chi connectivity index (χ1v) is 7.43. The van der Waals surface area contributed by atoms with E-state index in [1.807, 2.05) is 18.2 Å². The molecule has 0 fully saturated rings. The maximum Gasteiger partial charge on any atom is 0.251 e. The SMILES string of the molecule is CCC(CCBr)NC(=O)c1ccc2c(c1)COC2. The van der Waals surface area contributed by atoms with Crippen LogP contribution in [0.5, 0.6) is 0 Å². The van der Waals surface area contributed by atoms with Crippen LogP contribution in [-0.4, -0.2) is 17.3 Å². The van der Waals surface area contributed by atoms with Crippen molar-refractivity contribution >= 4 is 21.8 Å². The van der Waals surface area contributed by atoms with Crippen LogP contribution in [0.2, 0.25) is 0 Å². The van der Waals surface area contributed by atoms with E-state index < -0.39 is 0 Å². The van der Waals surface area contributed by atoms with Crippen LogP contribution in [-0.2, 0) is 18.0 Å². The first-order chi connectivity index (χ1) is 8.74. The number of amides is 1. The van der Waals surface area contributed by atoms with E-state index in [1.165, 1.54) is 5.56 Å². The van der Waals surface area contributed by atoms with E-state index in [2.05, 4.69) is 28.2 Å². The molecule has 1 heterocycles. The Hall–Kier alpha value is -0.870. The van der Waals surface area contributed by atoms with E-state index in [9.17, 15) is 4.79 Å². The molecule has 1 aliphatic rings. The minimum atomic E-state index is 0.0116. The predicted molar refractivity (Wildman–Crippen MR) is 74.9 cm³/mol. The highest BCUT2D eigenvalue weighted by molar-refractivity contribution is 9.09. The molecule has 1 aliphatic heterocycles. The van der Waals surface area contributed by atoms with E-state index in [4.69, 9.17) is 4.74 Å². The zero-order valence-electron chi connectivity index (χ0n) is 10.5. The molecule has 1 amide bonds. The highest BCUT2D eigenvalue weighted by Crippen LogP contribution is 2.20. The minimum absolute atomic E-state index is 0.0116. The maximum atomic E-state index is 12.1. The van der Waals surface area contributed by atoms with Crippen molar-refractivity contribution in [3.63, 3.8) is 0 Å². The van der Waals surface area contributed by atoms with Crippen LogP contribution in [0, 0.1) is 0 Å². The first-order valence-electron chi connectivity index (χ1n) is 6.31. The summed E-state index contributed by atoms with van der Waals surface area (Å²) >= 11 is 3.41. The zero-order chi connectivity index (χ0) is 13.0. The van der Waals surface area contributed by atoms with Crippen molar-refractivity contribution in [1.82, 2.24) is 5.32 Å². The van der Waals surface area contributed by atoms with Gasteiger partial charge in [0.15, 0.2) is 0 Å². The van der Waals surface area contributed by atoms with Crippen molar-refractivity contribution in [3.8, 4) is 0 Å². The number of fused-ring (bicyclic) bond motifs is 1. The van der Waals surface area contributed by atoms with Gasteiger partial charge >= 0.3 is 0 Å². The quantitative estimate of drug-likeness (QED) is 0.849. The van der Waals surface area contributed by atoms with Crippen LogP contribution < -0.4 is 5.32 Å². The molecule has 18 heavy (non-hydrogen) atoms. The van der Waals surface area contributed by atoms with Crippen LogP contribution in [0.25, 0.3) is 0 Å². The van der Waals surface area contributed by atoms with E-state index >= 15 is 0 Å². The van der Waals surface area contributed by atoms with Crippen LogP contribution in [0.1, 0.15) is 41.3 Å². The monoisotopic (exact) mass is 311 g/mol. The molecule has 1 atom stereocenters. The molecule has 1 aromatic carbocycles. The summed E-state index contributed by atoms with van der Waals surface area (Å²) in [5.41, 5.74) is 3.06. The lowest BCUT2D eigenvalue weighted by Gasteiger charge is -2.16. The molecule has 0 bridgehead atoms. The van der Waals surface area contributed by atoms with Gasteiger partial charge in [-0.3, -0.25) is 4.79 Å². The molecular formula is C14H18BrNO2. The molecular weight excluding hydrogens is 294 g/mol. The molecule has 1 aromatic rings. The Balaban J connectivity index is 2.04. The second-order valence-corrected chi connectivity index (χ2v) is 5.33. The van der Waals surface area contributed by atoms with Crippen LogP contribution in [0.3, 0.4) is 0 Å². The average Bonchev–Trinajstić information content (AvgIpc) is 2.85. The molecule has 4 heteroatoms. The Labute approximate surface area is 116 Å². The summed E-state index contributed by atoms with van der Waals surface area (Å²) in [4.78, 5) is 12.1. The van der Waals surface area contributed by atoms with E-state index in [0.29, 0.717) is 13.2 Å². The van der Waals surface area contributed by atoms with Crippen LogP contribution in [0.15, 0.2) is 18.2 Å². The number of alkyl halides is 1. The number of carbonyl (C=O) groups excluding carboxylic acids is 1. The Morgan fingerprint density at radius 2 is 2.22 bits per heavy atom. The number of ether oxygens (including phenoxy) is 1. The van der Waals surface area contributed by atoms with Crippen molar-refractivity contribution in [1.29, 1.82) is 0 Å². The van der Waals surface area contributed by atoms with Gasteiger partial charge in [0.1, 0.15) is 0 Å². The summed E-state index contributed by atoms with van der Waals surface area (Å²) in [5, 5.41) is 3.97. The van der Waals surface area contributed by atoms with E-state index in [1.54, 1.807) is 0 Å². The fourth-order valence-electron chi connectivity index (χ4n) is 2.09. The van der Waals surface area contributed by atoms with Gasteiger partial charge in [-0.15, -0.1) is 0 Å². The van der Waals surface area contributed by atoms with Gasteiger partial charge in [-0.1, -0.05) is 28.9 Å². The highest BCUT2D eigenvalue weighted by Gasteiger charge is 2.16. The Morgan fingerprint density at radius 1 is 1.44 bits per heavy atom. The third-order valence-corrected chi connectivity index (χ3v) is 3.73. The van der Waals surface area contributed by atoms with Gasteiger partial charge in [-0.2, -0.15) is 0 Å². The third-order valence-electron chi connectivity index (χ3n) is 3.27. The van der Waals surface area contributed by atoms with Gasteiger partial charge < -0.3 is 10.1 Å². The summed E-state index contributed by atoms with van der Waals surface area (Å²) in [7, 11) is 0. The standard InChI is InChI=1S/C14H18BrNO2/c1-2-13(5-6-15)16-14(17)10-3-4-11-8-18-9-12(11)7-10/h3-4,7,13H,2,5-6,8-9H2,1H3,(H,16,17). The fourth-order valence-corrected chi connectivity index (χ4v) is 2.64. The lowest BCUT2D eigenvalue weighted by molar-refractivity contribution is 0.0935. The van der Waals surface area contributed by atoms with Gasteiger partial charge in [-0.05, 0) is 36.1 Å². The molecule has 2 rings (SSSR count). The summed E-state index contributed by atoms with van der Waals surface area (Å²) in [5.74, 6) is 0.0116. The smallest absolute Gasteiger partial charge is 0.251 e. The molecule has 98 valence electrons. The number of hydrogen-bond acceptors (Lipinski definition) is 2. The number of benzene rings is 1. The van der Waals surface area contributed by atoms with Crippen LogP contribution >= 0.6 is 15.9 Å². The molecule has 0 spiro atoms. The fraction of sp³-hybridized carbons (Fsp3) is 0.500. The average molecular weight is 312 g/mol. The van der Waals surface area contributed by atoms with Crippen LogP contribution in [0.4, 0.5) is 0 Å². The molecule has 0 aliphatic carbocycles. The topological polar surface area (TPSA) is 38.3 Å². The maximum absolute atomic E-state index is 12.1. The number of halogens is 1. The third kappa shape index (κ3) is 3.12. The number of nitrogens with one attached hydrogen (secondary N) is 1. The predicted octanol–water partition coefficient (Wildman–Crippen LogP) is 3.01. The molecule has 0 saturated carbocycles. The zero-order valence-corrected chi connectivity index (χ0v) is 12.1. The van der Waals surface area contributed by atoms with Gasteiger partial charge in [0.05, 0.1) is 13.2 Å². The first kappa shape index (κ1) is 13.6. The van der Waals surface area contributed by atoms with Gasteiger partial charge in [0.25, 0.3) is 5.91 Å². The summed E-state index contributed by atoms with van der Waals surface area (Å²) < 4.78 is 5.35. The molecule has 0 radical (unpaired) electrons. The summed E-state index contributed by atoms with van der Waals surface area (Å²) in [6, 6.07) is 6.05. The lowest BCUT2D eigenvalue weighted by Crippen LogP contribution is -2.34. The molecule has 0 saturated heterocycles. The lowest BCUT2D eigenvalue weighted by atomic mass is 10.1. The Bertz CT molecular complexity index is 434. The number of hydrogen-bond donors (Lipinski definition) is 1. The second kappa shape index (κ2) is 6.34. The normalized spacial score (nSPS) is 15.2. The summed E-state index contributed by atoms with van der Waals surface area (Å²) in [6.45, 7) is 3.37. The molecule has 0 aromatic heterocycles. The highest BCUT2D eigenvalue weighted by atomic mass is 79.9. The minimum Gasteiger partial charge on any atom is -0.372 e. The molecule has 3 nitrogen and oxygen atoms in total. The Kier molecular flexibility index (Phi) is 4.78. The van der Waals surface area contributed by atoms with Gasteiger partial charge in [0.2, 0.25) is 0 Å². The Morgan fingerprint density at radius 3 is 2.94 bits per heavy atom. The number of rotatable bonds is 5. The number of carbonyl (C=O) groups is 1. The largest absolute Gasteiger partial charge is 0.372 e. The van der Waals surface area contributed by atoms with Crippen molar-refractivity contribution in [2.75, 3.05) is 5.33 Å². The van der Waals surface area contributed by atoms with E-state index in [-0.39, 0.29) is 11.9 Å². The van der Waals surface area contributed by atoms with Gasteiger partial charge in [0, 0.05) is 16.9 Å². The van der Waals surface area contributed by atoms with Crippen molar-refractivity contribution in [2.24, 2.45) is 0 Å². The van der Waals surface area contributed by atoms with E-state index in [0.717, 1.165) is 29.3 Å². The molecule has 1 unspecified atom stereocenters.